The summed E-state index contributed by atoms with van der Waals surface area (Å²) < 4.78 is 2.23. The summed E-state index contributed by atoms with van der Waals surface area (Å²) in [5, 5.41) is 3.53. The molecule has 16 heavy (non-hydrogen) atoms. The predicted molar refractivity (Wildman–Crippen MR) is 77.7 cm³/mol. The number of nitrogens with one attached hydrogen (secondary N) is 1. The lowest BCUT2D eigenvalue weighted by Crippen LogP contribution is -2.21. The highest BCUT2D eigenvalue weighted by Gasteiger charge is 2.12. The van der Waals surface area contributed by atoms with Crippen LogP contribution in [-0.4, -0.2) is 6.54 Å². The predicted octanol–water partition coefficient (Wildman–Crippen LogP) is 4.83. The Morgan fingerprint density at radius 3 is 2.75 bits per heavy atom. The van der Waals surface area contributed by atoms with Crippen molar-refractivity contribution in [3.05, 3.63) is 45.4 Å². The van der Waals surface area contributed by atoms with E-state index in [0.29, 0.717) is 6.04 Å². The van der Waals surface area contributed by atoms with Crippen LogP contribution >= 0.6 is 31.9 Å². The van der Waals surface area contributed by atoms with E-state index in [-0.39, 0.29) is 0 Å². The third-order valence-electron chi connectivity index (χ3n) is 2.38. The fraction of sp³-hybridized carbons (Fsp3) is 0.385. The molecule has 1 nitrogen and oxygen atoms in total. The van der Waals surface area contributed by atoms with E-state index in [1.807, 2.05) is 6.08 Å². The zero-order valence-electron chi connectivity index (χ0n) is 9.47. The number of benzene rings is 1. The van der Waals surface area contributed by atoms with Crippen LogP contribution in [-0.2, 0) is 0 Å². The van der Waals surface area contributed by atoms with Crippen LogP contribution in [0.25, 0.3) is 0 Å². The minimum Gasteiger partial charge on any atom is -0.310 e. The first-order valence-corrected chi connectivity index (χ1v) is 7.06. The van der Waals surface area contributed by atoms with Crippen molar-refractivity contribution in [3.8, 4) is 0 Å². The van der Waals surface area contributed by atoms with Crippen LogP contribution in [0.5, 0.6) is 0 Å². The van der Waals surface area contributed by atoms with E-state index >= 15 is 0 Å². The van der Waals surface area contributed by atoms with Gasteiger partial charge in [-0.2, -0.15) is 0 Å². The maximum Gasteiger partial charge on any atom is 0.0366 e. The van der Waals surface area contributed by atoms with Crippen molar-refractivity contribution in [2.45, 2.75) is 25.8 Å². The molecular weight excluding hydrogens is 330 g/mol. The molecule has 0 saturated heterocycles. The summed E-state index contributed by atoms with van der Waals surface area (Å²) in [6, 6.07) is 6.65. The normalized spacial score (nSPS) is 12.4. The van der Waals surface area contributed by atoms with Crippen LogP contribution in [0, 0.1) is 0 Å². The molecule has 88 valence electrons. The highest BCUT2D eigenvalue weighted by molar-refractivity contribution is 9.11. The van der Waals surface area contributed by atoms with Crippen molar-refractivity contribution < 1.29 is 0 Å². The van der Waals surface area contributed by atoms with E-state index in [4.69, 9.17) is 0 Å². The molecule has 0 spiro atoms. The summed E-state index contributed by atoms with van der Waals surface area (Å²) in [5.74, 6) is 0. The quantitative estimate of drug-likeness (QED) is 0.727. The molecule has 1 N–H and O–H groups in total. The first-order valence-electron chi connectivity index (χ1n) is 5.48. The second kappa shape index (κ2) is 7.25. The summed E-state index contributed by atoms with van der Waals surface area (Å²) in [7, 11) is 0. The maximum atomic E-state index is 3.82. The van der Waals surface area contributed by atoms with Gasteiger partial charge < -0.3 is 5.32 Å². The highest BCUT2D eigenvalue weighted by atomic mass is 79.9. The number of halogens is 2. The van der Waals surface area contributed by atoms with Gasteiger partial charge in [0.25, 0.3) is 0 Å². The van der Waals surface area contributed by atoms with Gasteiger partial charge in [-0.15, -0.1) is 6.58 Å². The van der Waals surface area contributed by atoms with Gasteiger partial charge in [0.1, 0.15) is 0 Å². The second-order valence-electron chi connectivity index (χ2n) is 3.70. The second-order valence-corrected chi connectivity index (χ2v) is 5.47. The minimum atomic E-state index is 0.347. The lowest BCUT2D eigenvalue weighted by Gasteiger charge is -2.19. The molecule has 0 fully saturated rings. The minimum absolute atomic E-state index is 0.347. The SMILES string of the molecule is C=CCC(NCCC)c1ccc(Br)cc1Br. The smallest absolute Gasteiger partial charge is 0.0366 e. The standard InChI is InChI=1S/C13H17Br2N/c1-3-5-13(16-8-4-2)11-7-6-10(14)9-12(11)15/h3,6-7,9,13,16H,1,4-5,8H2,2H3. The van der Waals surface area contributed by atoms with E-state index in [0.717, 1.165) is 28.3 Å². The third-order valence-corrected chi connectivity index (χ3v) is 3.56. The Morgan fingerprint density at radius 2 is 2.19 bits per heavy atom. The summed E-state index contributed by atoms with van der Waals surface area (Å²) in [4.78, 5) is 0. The molecule has 1 aromatic carbocycles. The van der Waals surface area contributed by atoms with Gasteiger partial charge >= 0.3 is 0 Å². The number of rotatable bonds is 6. The van der Waals surface area contributed by atoms with E-state index < -0.39 is 0 Å². The molecule has 1 unspecified atom stereocenters. The van der Waals surface area contributed by atoms with Crippen molar-refractivity contribution in [2.24, 2.45) is 0 Å². The Bertz CT molecular complexity index is 350. The van der Waals surface area contributed by atoms with Crippen molar-refractivity contribution >= 4 is 31.9 Å². The largest absolute Gasteiger partial charge is 0.310 e. The topological polar surface area (TPSA) is 12.0 Å². The molecular formula is C13H17Br2N. The third kappa shape index (κ3) is 4.04. The summed E-state index contributed by atoms with van der Waals surface area (Å²) in [6.07, 6.45) is 4.05. The van der Waals surface area contributed by atoms with Gasteiger partial charge in [0.15, 0.2) is 0 Å². The fourth-order valence-electron chi connectivity index (χ4n) is 1.59. The molecule has 0 amide bonds. The Hall–Kier alpha value is -0.120. The molecule has 0 aromatic heterocycles. The van der Waals surface area contributed by atoms with Crippen LogP contribution in [0.1, 0.15) is 31.4 Å². The number of hydrogen-bond donors (Lipinski definition) is 1. The zero-order chi connectivity index (χ0) is 12.0. The molecule has 0 heterocycles. The van der Waals surface area contributed by atoms with Gasteiger partial charge in [-0.1, -0.05) is 50.9 Å². The first-order chi connectivity index (χ1) is 7.69. The molecule has 0 bridgehead atoms. The molecule has 0 radical (unpaired) electrons. The average Bonchev–Trinajstić information content (AvgIpc) is 2.25. The van der Waals surface area contributed by atoms with Gasteiger partial charge in [0, 0.05) is 15.0 Å². The van der Waals surface area contributed by atoms with E-state index in [1.54, 1.807) is 0 Å². The highest BCUT2D eigenvalue weighted by Crippen LogP contribution is 2.28. The molecule has 1 rings (SSSR count). The van der Waals surface area contributed by atoms with Crippen LogP contribution in [0.4, 0.5) is 0 Å². The van der Waals surface area contributed by atoms with Gasteiger partial charge in [-0.25, -0.2) is 0 Å². The Labute approximate surface area is 115 Å². The van der Waals surface area contributed by atoms with E-state index in [2.05, 4.69) is 68.9 Å². The first kappa shape index (κ1) is 13.9. The molecule has 0 aliphatic heterocycles. The maximum absolute atomic E-state index is 3.82. The zero-order valence-corrected chi connectivity index (χ0v) is 12.6. The van der Waals surface area contributed by atoms with E-state index in [9.17, 15) is 0 Å². The Kier molecular flexibility index (Phi) is 6.32. The van der Waals surface area contributed by atoms with Crippen molar-refractivity contribution in [1.82, 2.24) is 5.32 Å². The van der Waals surface area contributed by atoms with Gasteiger partial charge in [0.05, 0.1) is 0 Å². The van der Waals surface area contributed by atoms with Gasteiger partial charge in [0.2, 0.25) is 0 Å². The van der Waals surface area contributed by atoms with Crippen LogP contribution in [0.15, 0.2) is 39.8 Å². The van der Waals surface area contributed by atoms with Gasteiger partial charge in [-0.3, -0.25) is 0 Å². The summed E-state index contributed by atoms with van der Waals surface area (Å²) >= 11 is 7.07. The monoisotopic (exact) mass is 345 g/mol. The molecule has 1 atom stereocenters. The average molecular weight is 347 g/mol. The Balaban J connectivity index is 2.86. The van der Waals surface area contributed by atoms with Crippen molar-refractivity contribution in [1.29, 1.82) is 0 Å². The van der Waals surface area contributed by atoms with Gasteiger partial charge in [-0.05, 0) is 37.1 Å². The lowest BCUT2D eigenvalue weighted by atomic mass is 10.0. The number of hydrogen-bond acceptors (Lipinski definition) is 1. The molecule has 1 aromatic rings. The van der Waals surface area contributed by atoms with Crippen molar-refractivity contribution in [3.63, 3.8) is 0 Å². The van der Waals surface area contributed by atoms with Crippen molar-refractivity contribution in [2.75, 3.05) is 6.54 Å². The summed E-state index contributed by atoms with van der Waals surface area (Å²) in [6.45, 7) is 7.02. The van der Waals surface area contributed by atoms with Crippen LogP contribution in [0.2, 0.25) is 0 Å². The summed E-state index contributed by atoms with van der Waals surface area (Å²) in [5.41, 5.74) is 1.29. The van der Waals surface area contributed by atoms with Crippen LogP contribution in [0.3, 0.4) is 0 Å². The van der Waals surface area contributed by atoms with E-state index in [1.165, 1.54) is 5.56 Å². The molecule has 0 aliphatic carbocycles. The molecule has 0 aliphatic rings. The molecule has 0 saturated carbocycles. The fourth-order valence-corrected chi connectivity index (χ4v) is 2.91. The van der Waals surface area contributed by atoms with Crippen LogP contribution < -0.4 is 5.32 Å². The molecule has 3 heteroatoms. The Morgan fingerprint density at radius 1 is 1.44 bits per heavy atom. The lowest BCUT2D eigenvalue weighted by molar-refractivity contribution is 0.535.